The van der Waals surface area contributed by atoms with Crippen LogP contribution in [0.3, 0.4) is 0 Å². The molecule has 5 nitrogen and oxygen atoms in total. The largest absolute Gasteiger partial charge is 0.372 e. The normalized spacial score (nSPS) is 10.6. The van der Waals surface area contributed by atoms with E-state index in [0.717, 1.165) is 0 Å². The van der Waals surface area contributed by atoms with E-state index < -0.39 is 16.4 Å². The van der Waals surface area contributed by atoms with Crippen LogP contribution in [0.4, 0.5) is 5.69 Å². The molecule has 0 aromatic heterocycles. The van der Waals surface area contributed by atoms with Gasteiger partial charge in [0.05, 0.1) is 0 Å². The van der Waals surface area contributed by atoms with E-state index in [9.17, 15) is 14.4 Å². The van der Waals surface area contributed by atoms with Gasteiger partial charge in [0, 0.05) is 29.3 Å². The highest BCUT2D eigenvalue weighted by Crippen LogP contribution is 2.33. The summed E-state index contributed by atoms with van der Waals surface area (Å²) in [6.45, 7) is 5.06. The fraction of sp³-hybridized carbons (Fsp3) is 0.438. The van der Waals surface area contributed by atoms with E-state index in [0.29, 0.717) is 41.3 Å². The summed E-state index contributed by atoms with van der Waals surface area (Å²) in [5.41, 5.74) is 1.98. The first-order chi connectivity index (χ1) is 11.2. The summed E-state index contributed by atoms with van der Waals surface area (Å²) in [6, 6.07) is 0. The molecule has 0 spiro atoms. The van der Waals surface area contributed by atoms with Crippen LogP contribution in [0.15, 0.2) is 0 Å². The number of alkyl halides is 1. The maximum atomic E-state index is 12.0. The molecule has 24 heavy (non-hydrogen) atoms. The summed E-state index contributed by atoms with van der Waals surface area (Å²) in [6.07, 6.45) is 0.632. The summed E-state index contributed by atoms with van der Waals surface area (Å²) >= 11 is 16.8. The van der Waals surface area contributed by atoms with E-state index in [4.69, 9.17) is 39.5 Å². The third kappa shape index (κ3) is 4.93. The Labute approximate surface area is 155 Å². The van der Waals surface area contributed by atoms with Crippen LogP contribution in [-0.4, -0.2) is 35.5 Å². The molecule has 0 atom stereocenters. The number of carbonyl (C=O) groups is 3. The predicted octanol–water partition coefficient (Wildman–Crippen LogP) is 3.95. The summed E-state index contributed by atoms with van der Waals surface area (Å²) in [5.74, 6) is 0.0285. The zero-order valence-electron chi connectivity index (χ0n) is 13.6. The number of ether oxygens (including phenoxy) is 1. The molecule has 0 fully saturated rings. The highest BCUT2D eigenvalue weighted by molar-refractivity contribution is 6.69. The smallest absolute Gasteiger partial charge is 0.253 e. The van der Waals surface area contributed by atoms with E-state index in [1.54, 1.807) is 20.8 Å². The topological polar surface area (TPSA) is 72.5 Å². The lowest BCUT2D eigenvalue weighted by Crippen LogP contribution is -2.22. The van der Waals surface area contributed by atoms with Gasteiger partial charge in [0.2, 0.25) is 5.91 Å². The molecular weight excluding hydrogens is 377 g/mol. The summed E-state index contributed by atoms with van der Waals surface area (Å²) in [4.78, 5) is 35.5. The van der Waals surface area contributed by atoms with Crippen molar-refractivity contribution < 1.29 is 19.1 Å². The second kappa shape index (κ2) is 9.37. The van der Waals surface area contributed by atoms with Crippen molar-refractivity contribution in [2.45, 2.75) is 27.2 Å². The third-order valence-corrected chi connectivity index (χ3v) is 4.21. The first-order valence-corrected chi connectivity index (χ1v) is 8.48. The predicted molar refractivity (Wildman–Crippen MR) is 95.8 cm³/mol. The Morgan fingerprint density at radius 3 is 1.88 bits per heavy atom. The summed E-state index contributed by atoms with van der Waals surface area (Å²) < 4.78 is 5.18. The highest BCUT2D eigenvalue weighted by Gasteiger charge is 2.24. The molecule has 1 aromatic carbocycles. The van der Waals surface area contributed by atoms with Gasteiger partial charge in [0.25, 0.3) is 10.5 Å². The van der Waals surface area contributed by atoms with Gasteiger partial charge < -0.3 is 10.1 Å². The number of hydrogen-bond donors (Lipinski definition) is 1. The van der Waals surface area contributed by atoms with Gasteiger partial charge in [-0.2, -0.15) is 0 Å². The van der Waals surface area contributed by atoms with Gasteiger partial charge in [-0.3, -0.25) is 14.4 Å². The second-order valence-electron chi connectivity index (χ2n) is 5.19. The molecule has 1 amide bonds. The van der Waals surface area contributed by atoms with Crippen LogP contribution in [-0.2, 0) is 9.53 Å². The molecule has 0 aliphatic rings. The molecule has 0 saturated heterocycles. The van der Waals surface area contributed by atoms with Crippen LogP contribution < -0.4 is 5.32 Å². The Kier molecular flexibility index (Phi) is 8.16. The molecule has 0 aliphatic carbocycles. The zero-order valence-corrected chi connectivity index (χ0v) is 15.9. The lowest BCUT2D eigenvalue weighted by Gasteiger charge is -2.19. The Bertz CT molecular complexity index is 633. The third-order valence-electron chi connectivity index (χ3n) is 3.56. The van der Waals surface area contributed by atoms with Crippen molar-refractivity contribution >= 4 is 56.9 Å². The van der Waals surface area contributed by atoms with Gasteiger partial charge in [0.15, 0.2) is 0 Å². The van der Waals surface area contributed by atoms with E-state index in [2.05, 4.69) is 5.32 Å². The number of hydrogen-bond acceptors (Lipinski definition) is 4. The monoisotopic (exact) mass is 393 g/mol. The van der Waals surface area contributed by atoms with Gasteiger partial charge >= 0.3 is 0 Å². The molecule has 0 bridgehead atoms. The van der Waals surface area contributed by atoms with Crippen molar-refractivity contribution in [1.82, 2.24) is 0 Å². The Morgan fingerprint density at radius 2 is 1.46 bits per heavy atom. The van der Waals surface area contributed by atoms with Crippen LogP contribution >= 0.6 is 34.8 Å². The van der Waals surface area contributed by atoms with Crippen molar-refractivity contribution in [2.75, 3.05) is 24.4 Å². The molecule has 0 radical (unpaired) electrons. The van der Waals surface area contributed by atoms with Crippen LogP contribution in [0.1, 0.15) is 43.8 Å². The van der Waals surface area contributed by atoms with Crippen molar-refractivity contribution in [1.29, 1.82) is 0 Å². The van der Waals surface area contributed by atoms with Crippen LogP contribution in [0.2, 0.25) is 0 Å². The lowest BCUT2D eigenvalue weighted by molar-refractivity contribution is -0.120. The van der Waals surface area contributed by atoms with E-state index in [-0.39, 0.29) is 17.7 Å². The average molecular weight is 395 g/mol. The van der Waals surface area contributed by atoms with Crippen LogP contribution in [0.25, 0.3) is 0 Å². The maximum Gasteiger partial charge on any atom is 0.253 e. The molecule has 132 valence electrons. The van der Waals surface area contributed by atoms with Gasteiger partial charge in [-0.05, 0) is 67.1 Å². The lowest BCUT2D eigenvalue weighted by atomic mass is 9.92. The standard InChI is InChI=1S/C16H18Cl3NO4/c1-8-12(15(18)22)9(2)14(10(3)13(8)16(19)23)20-11(21)7-24-6-4-5-17/h4-7H2,1-3H3,(H,20,21). The average Bonchev–Trinajstić information content (AvgIpc) is 2.47. The molecule has 0 heterocycles. The maximum absolute atomic E-state index is 12.0. The molecule has 0 aliphatic heterocycles. The minimum absolute atomic E-state index is 0.157. The fourth-order valence-corrected chi connectivity index (χ4v) is 3.17. The fourth-order valence-electron chi connectivity index (χ4n) is 2.49. The van der Waals surface area contributed by atoms with Gasteiger partial charge in [-0.15, -0.1) is 11.6 Å². The number of nitrogens with one attached hydrogen (secondary N) is 1. The first kappa shape index (κ1) is 20.9. The van der Waals surface area contributed by atoms with E-state index >= 15 is 0 Å². The second-order valence-corrected chi connectivity index (χ2v) is 6.26. The Hall–Kier alpha value is -1.14. The van der Waals surface area contributed by atoms with Crippen LogP contribution in [0, 0.1) is 20.8 Å². The highest BCUT2D eigenvalue weighted by atomic mass is 35.5. The van der Waals surface area contributed by atoms with E-state index in [1.165, 1.54) is 0 Å². The van der Waals surface area contributed by atoms with Gasteiger partial charge in [0.1, 0.15) is 6.61 Å². The number of amides is 1. The molecular formula is C16H18Cl3NO4. The number of benzene rings is 1. The van der Waals surface area contributed by atoms with Crippen molar-refractivity contribution in [2.24, 2.45) is 0 Å². The number of carbonyl (C=O) groups excluding carboxylic acids is 3. The SMILES string of the molecule is Cc1c(NC(=O)COCCCCl)c(C)c(C(=O)Cl)c(C)c1C(=O)Cl. The molecule has 1 rings (SSSR count). The molecule has 8 heteroatoms. The van der Waals surface area contributed by atoms with Crippen LogP contribution in [0.5, 0.6) is 0 Å². The van der Waals surface area contributed by atoms with Crippen molar-refractivity contribution in [3.05, 3.63) is 27.8 Å². The number of rotatable bonds is 8. The van der Waals surface area contributed by atoms with E-state index in [1.807, 2.05) is 0 Å². The Morgan fingerprint density at radius 1 is 0.958 bits per heavy atom. The molecule has 1 aromatic rings. The van der Waals surface area contributed by atoms with Crippen molar-refractivity contribution in [3.63, 3.8) is 0 Å². The molecule has 1 N–H and O–H groups in total. The summed E-state index contributed by atoms with van der Waals surface area (Å²) in [7, 11) is 0. The molecule has 0 unspecified atom stereocenters. The minimum Gasteiger partial charge on any atom is -0.372 e. The van der Waals surface area contributed by atoms with Gasteiger partial charge in [-0.1, -0.05) is 0 Å². The van der Waals surface area contributed by atoms with Crippen molar-refractivity contribution in [3.8, 4) is 0 Å². The summed E-state index contributed by atoms with van der Waals surface area (Å²) in [5, 5.41) is 1.21. The minimum atomic E-state index is -0.724. The number of anilines is 1. The molecule has 0 saturated carbocycles. The number of halogens is 3. The van der Waals surface area contributed by atoms with Gasteiger partial charge in [-0.25, -0.2) is 0 Å². The Balaban J connectivity index is 3.21. The zero-order chi connectivity index (χ0) is 18.4. The quantitative estimate of drug-likeness (QED) is 0.411. The first-order valence-electron chi connectivity index (χ1n) is 7.19.